The number of rotatable bonds is 4. The number of carbonyl (C=O) groups is 2. The zero-order chi connectivity index (χ0) is 13.9. The maximum absolute atomic E-state index is 10.2. The number of phenolic OH excluding ortho intramolecular Hbond substituents is 1. The van der Waals surface area contributed by atoms with Crippen molar-refractivity contribution in [3.05, 3.63) is 60.2 Å². The first-order valence-corrected chi connectivity index (χ1v) is 5.62. The van der Waals surface area contributed by atoms with E-state index in [1.54, 1.807) is 48.5 Å². The summed E-state index contributed by atoms with van der Waals surface area (Å²) in [5.74, 6) is 0.912. The van der Waals surface area contributed by atoms with Gasteiger partial charge in [-0.2, -0.15) is 0 Å². The first-order chi connectivity index (χ1) is 9.26. The van der Waals surface area contributed by atoms with Gasteiger partial charge in [-0.05, 0) is 36.4 Å². The molecule has 0 heterocycles. The highest BCUT2D eigenvalue weighted by atomic mass is 16.5. The second-order valence-electron chi connectivity index (χ2n) is 3.50. The van der Waals surface area contributed by atoms with Gasteiger partial charge in [0, 0.05) is 6.99 Å². The van der Waals surface area contributed by atoms with Gasteiger partial charge in [0.1, 0.15) is 24.4 Å². The van der Waals surface area contributed by atoms with Crippen molar-refractivity contribution in [2.75, 3.05) is 6.61 Å². The Balaban J connectivity index is 0.000000387. The summed E-state index contributed by atoms with van der Waals surface area (Å²) in [6.07, 6.45) is 1.43. The van der Waals surface area contributed by atoms with E-state index in [9.17, 15) is 9.59 Å². The molecular formula is C15H16O4. The van der Waals surface area contributed by atoms with E-state index in [2.05, 4.69) is 0 Å². The van der Waals surface area contributed by atoms with Crippen LogP contribution < -0.4 is 4.74 Å². The molecular weight excluding hydrogens is 244 g/mol. The van der Waals surface area contributed by atoms with Crippen LogP contribution in [-0.2, 0) is 4.79 Å². The van der Waals surface area contributed by atoms with Gasteiger partial charge in [0.25, 0.3) is 0 Å². The Kier molecular flexibility index (Phi) is 6.44. The maximum Gasteiger partial charge on any atom is 0.157 e. The van der Waals surface area contributed by atoms with Crippen LogP contribution in [0.2, 0.25) is 0 Å². The van der Waals surface area contributed by atoms with Gasteiger partial charge >= 0.3 is 0 Å². The van der Waals surface area contributed by atoms with Crippen LogP contribution in [0.4, 0.5) is 0 Å². The SMILES string of the molecule is O=CCOc1ccc(C=O)cc1.Oc1ccccc1.[2HH]. The normalized spacial score (nSPS) is 8.84. The van der Waals surface area contributed by atoms with Crippen LogP contribution in [0, 0.1) is 0 Å². The van der Waals surface area contributed by atoms with Crippen molar-refractivity contribution in [3.63, 3.8) is 0 Å². The van der Waals surface area contributed by atoms with Gasteiger partial charge in [-0.25, -0.2) is 0 Å². The molecule has 19 heavy (non-hydrogen) atoms. The zero-order valence-electron chi connectivity index (χ0n) is 10.2. The molecule has 0 saturated heterocycles. The quantitative estimate of drug-likeness (QED) is 0.859. The van der Waals surface area contributed by atoms with E-state index in [0.29, 0.717) is 23.3 Å². The third-order valence-electron chi connectivity index (χ3n) is 2.09. The van der Waals surface area contributed by atoms with Gasteiger partial charge in [0.15, 0.2) is 6.29 Å². The van der Waals surface area contributed by atoms with Gasteiger partial charge in [0.05, 0.1) is 0 Å². The number of aromatic hydroxyl groups is 1. The van der Waals surface area contributed by atoms with Crippen LogP contribution in [0.1, 0.15) is 11.8 Å². The fourth-order valence-corrected chi connectivity index (χ4v) is 1.20. The number of para-hydroxylation sites is 1. The summed E-state index contributed by atoms with van der Waals surface area (Å²) in [6.45, 7) is 0.0421. The second-order valence-corrected chi connectivity index (χ2v) is 3.50. The van der Waals surface area contributed by atoms with Gasteiger partial charge in [0.2, 0.25) is 0 Å². The zero-order valence-corrected chi connectivity index (χ0v) is 10.2. The molecule has 2 aromatic carbocycles. The minimum Gasteiger partial charge on any atom is -0.508 e. The van der Waals surface area contributed by atoms with E-state index in [1.165, 1.54) is 0 Å². The minimum absolute atomic E-state index is 0. The lowest BCUT2D eigenvalue weighted by atomic mass is 10.2. The molecule has 0 aliphatic heterocycles. The monoisotopic (exact) mass is 261 g/mol. The van der Waals surface area contributed by atoms with Crippen molar-refractivity contribution < 1.29 is 20.9 Å². The topological polar surface area (TPSA) is 63.6 Å². The van der Waals surface area contributed by atoms with Crippen molar-refractivity contribution in [1.82, 2.24) is 0 Å². The molecule has 0 unspecified atom stereocenters. The van der Waals surface area contributed by atoms with E-state index in [4.69, 9.17) is 9.84 Å². The number of ether oxygens (including phenoxy) is 1. The van der Waals surface area contributed by atoms with Crippen molar-refractivity contribution in [1.29, 1.82) is 0 Å². The van der Waals surface area contributed by atoms with Gasteiger partial charge in [-0.3, -0.25) is 9.59 Å². The second kappa shape index (κ2) is 8.47. The van der Waals surface area contributed by atoms with Gasteiger partial charge < -0.3 is 9.84 Å². The van der Waals surface area contributed by atoms with E-state index < -0.39 is 0 Å². The Hall–Kier alpha value is -2.62. The molecule has 4 heteroatoms. The number of hydrogen-bond acceptors (Lipinski definition) is 4. The molecule has 0 aliphatic carbocycles. The molecule has 2 rings (SSSR count). The summed E-state index contributed by atoms with van der Waals surface area (Å²) in [5, 5.41) is 8.63. The van der Waals surface area contributed by atoms with Crippen LogP contribution in [0.25, 0.3) is 0 Å². The van der Waals surface area contributed by atoms with Gasteiger partial charge in [-0.15, -0.1) is 0 Å². The van der Waals surface area contributed by atoms with Gasteiger partial charge in [-0.1, -0.05) is 18.2 Å². The Bertz CT molecular complexity index is 497. The van der Waals surface area contributed by atoms with Crippen molar-refractivity contribution in [3.8, 4) is 11.5 Å². The average molecular weight is 261 g/mol. The van der Waals surface area contributed by atoms with Crippen molar-refractivity contribution in [2.45, 2.75) is 0 Å². The number of carbonyl (C=O) groups excluding carboxylic acids is 2. The molecule has 0 aromatic heterocycles. The fraction of sp³-hybridized carbons (Fsp3) is 0.0667. The summed E-state index contributed by atoms with van der Waals surface area (Å²) >= 11 is 0. The molecule has 0 aliphatic rings. The first kappa shape index (κ1) is 14.4. The molecule has 4 nitrogen and oxygen atoms in total. The summed E-state index contributed by atoms with van der Waals surface area (Å²) in [6, 6.07) is 15.3. The molecule has 0 fully saturated rings. The highest BCUT2D eigenvalue weighted by Gasteiger charge is 1.92. The predicted octanol–water partition coefficient (Wildman–Crippen LogP) is 2.72. The Morgan fingerprint density at radius 3 is 2.05 bits per heavy atom. The number of benzene rings is 2. The predicted molar refractivity (Wildman–Crippen MR) is 73.6 cm³/mol. The molecule has 0 bridgehead atoms. The molecule has 1 N–H and O–H groups in total. The van der Waals surface area contributed by atoms with E-state index in [1.807, 2.05) is 6.07 Å². The average Bonchev–Trinajstić information content (AvgIpc) is 2.47. The van der Waals surface area contributed by atoms with E-state index >= 15 is 0 Å². The largest absolute Gasteiger partial charge is 0.508 e. The minimum atomic E-state index is 0. The summed E-state index contributed by atoms with van der Waals surface area (Å²) < 4.78 is 4.97. The van der Waals surface area contributed by atoms with Crippen LogP contribution in [0.15, 0.2) is 54.6 Å². The Morgan fingerprint density at radius 1 is 1.00 bits per heavy atom. The smallest absolute Gasteiger partial charge is 0.157 e. The number of aldehydes is 2. The molecule has 2 aromatic rings. The third-order valence-corrected chi connectivity index (χ3v) is 2.09. The lowest BCUT2D eigenvalue weighted by molar-refractivity contribution is -0.109. The first-order valence-electron chi connectivity index (χ1n) is 5.62. The molecule has 0 amide bonds. The molecule has 0 radical (unpaired) electrons. The fourth-order valence-electron chi connectivity index (χ4n) is 1.20. The molecule has 100 valence electrons. The third kappa shape index (κ3) is 6.02. The van der Waals surface area contributed by atoms with Crippen LogP contribution >= 0.6 is 0 Å². The van der Waals surface area contributed by atoms with E-state index in [-0.39, 0.29) is 8.03 Å². The summed E-state index contributed by atoms with van der Waals surface area (Å²) in [5.41, 5.74) is 0.591. The Labute approximate surface area is 112 Å². The molecule has 0 saturated carbocycles. The number of phenols is 1. The standard InChI is InChI=1S/C9H8O3.C6H6O.H2/c10-5-6-12-9-3-1-8(7-11)2-4-9;7-6-4-2-1-3-5-6;/h1-5,7H,6H2;1-5,7H;1H/i;;1+1. The highest BCUT2D eigenvalue weighted by Crippen LogP contribution is 2.10. The number of hydrogen-bond donors (Lipinski definition) is 1. The van der Waals surface area contributed by atoms with Crippen molar-refractivity contribution >= 4 is 12.6 Å². The van der Waals surface area contributed by atoms with Crippen LogP contribution in [-0.4, -0.2) is 24.3 Å². The summed E-state index contributed by atoms with van der Waals surface area (Å²) in [4.78, 5) is 20.2. The highest BCUT2D eigenvalue weighted by molar-refractivity contribution is 5.74. The lowest BCUT2D eigenvalue weighted by Gasteiger charge is -2.00. The van der Waals surface area contributed by atoms with E-state index in [0.717, 1.165) is 6.29 Å². The lowest BCUT2D eigenvalue weighted by Crippen LogP contribution is -1.97. The maximum atomic E-state index is 10.2. The molecule has 0 atom stereocenters. The van der Waals surface area contributed by atoms with Crippen molar-refractivity contribution in [2.24, 2.45) is 0 Å². The molecule has 0 spiro atoms. The Morgan fingerprint density at radius 2 is 1.63 bits per heavy atom. The van der Waals surface area contributed by atoms with Crippen LogP contribution in [0.5, 0.6) is 11.5 Å². The van der Waals surface area contributed by atoms with Crippen LogP contribution in [0.3, 0.4) is 0 Å². The summed E-state index contributed by atoms with van der Waals surface area (Å²) in [7, 11) is 0.